The Kier molecular flexibility index (Phi) is 4.73. The summed E-state index contributed by atoms with van der Waals surface area (Å²) in [6, 6.07) is 8.70. The number of para-hydroxylation sites is 1. The van der Waals surface area contributed by atoms with Gasteiger partial charge < -0.3 is 15.0 Å². The van der Waals surface area contributed by atoms with E-state index in [-0.39, 0.29) is 11.9 Å². The van der Waals surface area contributed by atoms with E-state index in [9.17, 15) is 14.4 Å². The molecular formula is C17H22N2O4. The minimum Gasteiger partial charge on any atom is -0.450 e. The van der Waals surface area contributed by atoms with Gasteiger partial charge in [-0.1, -0.05) is 18.2 Å². The van der Waals surface area contributed by atoms with Crippen molar-refractivity contribution in [3.8, 4) is 0 Å². The Bertz CT molecular complexity index is 612. The zero-order valence-corrected chi connectivity index (χ0v) is 13.8. The summed E-state index contributed by atoms with van der Waals surface area (Å²) in [5.41, 5.74) is -0.504. The largest absolute Gasteiger partial charge is 0.450 e. The van der Waals surface area contributed by atoms with E-state index < -0.39 is 23.5 Å². The average molecular weight is 318 g/mol. The van der Waals surface area contributed by atoms with Gasteiger partial charge in [0.25, 0.3) is 5.91 Å². The van der Waals surface area contributed by atoms with Crippen LogP contribution in [0.15, 0.2) is 30.3 Å². The average Bonchev–Trinajstić information content (AvgIpc) is 2.73. The van der Waals surface area contributed by atoms with Gasteiger partial charge in [-0.25, -0.2) is 0 Å². The van der Waals surface area contributed by atoms with Crippen LogP contribution >= 0.6 is 0 Å². The van der Waals surface area contributed by atoms with E-state index in [0.29, 0.717) is 6.42 Å². The van der Waals surface area contributed by atoms with Crippen LogP contribution in [0.2, 0.25) is 0 Å². The monoisotopic (exact) mass is 318 g/mol. The minimum absolute atomic E-state index is 0.0213. The summed E-state index contributed by atoms with van der Waals surface area (Å²) >= 11 is 0. The van der Waals surface area contributed by atoms with Crippen LogP contribution in [-0.4, -0.2) is 35.5 Å². The molecule has 1 aromatic carbocycles. The molecule has 23 heavy (non-hydrogen) atoms. The van der Waals surface area contributed by atoms with Crippen molar-refractivity contribution in [1.82, 2.24) is 5.32 Å². The highest BCUT2D eigenvalue weighted by Crippen LogP contribution is 2.27. The van der Waals surface area contributed by atoms with Crippen LogP contribution in [0.4, 0.5) is 5.69 Å². The molecule has 2 rings (SSSR count). The lowest BCUT2D eigenvalue weighted by molar-refractivity contribution is -0.163. The summed E-state index contributed by atoms with van der Waals surface area (Å²) in [5, 5.41) is 2.70. The van der Waals surface area contributed by atoms with E-state index >= 15 is 0 Å². The Hall–Kier alpha value is -2.37. The molecule has 2 atom stereocenters. The number of amides is 2. The molecule has 1 saturated heterocycles. The molecule has 0 radical (unpaired) electrons. The molecule has 2 amide bonds. The molecule has 6 nitrogen and oxygen atoms in total. The molecule has 6 heteroatoms. The van der Waals surface area contributed by atoms with Gasteiger partial charge in [0.15, 0.2) is 5.60 Å². The maximum atomic E-state index is 12.6. The Morgan fingerprint density at radius 2 is 1.87 bits per heavy atom. The predicted molar refractivity (Wildman–Crippen MR) is 85.8 cm³/mol. The molecule has 0 aliphatic carbocycles. The lowest BCUT2D eigenvalue weighted by Crippen LogP contribution is -2.51. The molecule has 1 N–H and O–H groups in total. The molecule has 0 aromatic heterocycles. The fourth-order valence-electron chi connectivity index (χ4n) is 2.76. The number of ether oxygens (including phenoxy) is 1. The quantitative estimate of drug-likeness (QED) is 0.856. The topological polar surface area (TPSA) is 75.7 Å². The fraction of sp³-hybridized carbons (Fsp3) is 0.471. The highest BCUT2D eigenvalue weighted by atomic mass is 16.6. The second-order valence-corrected chi connectivity index (χ2v) is 6.26. The van der Waals surface area contributed by atoms with Gasteiger partial charge in [0.05, 0.1) is 0 Å². The normalized spacial score (nSPS) is 21.2. The van der Waals surface area contributed by atoms with Gasteiger partial charge in [0, 0.05) is 18.7 Å². The summed E-state index contributed by atoms with van der Waals surface area (Å²) in [4.78, 5) is 37.7. The van der Waals surface area contributed by atoms with Crippen LogP contribution < -0.4 is 10.2 Å². The first-order valence-corrected chi connectivity index (χ1v) is 7.61. The molecule has 1 aliphatic heterocycles. The number of hydrogen-bond donors (Lipinski definition) is 1. The molecule has 1 aliphatic rings. The number of esters is 1. The predicted octanol–water partition coefficient (Wildman–Crippen LogP) is 1.64. The van der Waals surface area contributed by atoms with Crippen LogP contribution in [0.25, 0.3) is 0 Å². The standard InChI is InChI=1S/C17H22N2O4/c1-11-10-14(18-16(22)17(3,4)23-12(2)20)15(21)19(11)13-8-6-5-7-9-13/h5-9,11,14H,10H2,1-4H3,(H,18,22)/t11-,14+/m0/s1. The Balaban J connectivity index is 2.10. The molecular weight excluding hydrogens is 296 g/mol. The van der Waals surface area contributed by atoms with Crippen molar-refractivity contribution in [2.75, 3.05) is 4.90 Å². The fourth-order valence-corrected chi connectivity index (χ4v) is 2.76. The van der Waals surface area contributed by atoms with Gasteiger partial charge >= 0.3 is 5.97 Å². The van der Waals surface area contributed by atoms with Crippen LogP contribution in [0.1, 0.15) is 34.1 Å². The summed E-state index contributed by atoms with van der Waals surface area (Å²) in [5.74, 6) is -1.17. The molecule has 1 fully saturated rings. The molecule has 1 heterocycles. The third kappa shape index (κ3) is 3.70. The van der Waals surface area contributed by atoms with Crippen molar-refractivity contribution in [3.63, 3.8) is 0 Å². The lowest BCUT2D eigenvalue weighted by atomic mass is 10.1. The Labute approximate surface area is 135 Å². The number of nitrogens with zero attached hydrogens (tertiary/aromatic N) is 1. The second-order valence-electron chi connectivity index (χ2n) is 6.26. The van der Waals surface area contributed by atoms with Crippen molar-refractivity contribution in [2.24, 2.45) is 0 Å². The molecule has 0 saturated carbocycles. The van der Waals surface area contributed by atoms with E-state index in [1.807, 2.05) is 37.3 Å². The second kappa shape index (κ2) is 6.40. The Morgan fingerprint density at radius 3 is 2.43 bits per heavy atom. The van der Waals surface area contributed by atoms with Crippen molar-refractivity contribution in [1.29, 1.82) is 0 Å². The summed E-state index contributed by atoms with van der Waals surface area (Å²) in [7, 11) is 0. The van der Waals surface area contributed by atoms with Crippen molar-refractivity contribution in [3.05, 3.63) is 30.3 Å². The van der Waals surface area contributed by atoms with Gasteiger partial charge in [-0.05, 0) is 39.3 Å². The van der Waals surface area contributed by atoms with Gasteiger partial charge in [-0.2, -0.15) is 0 Å². The maximum Gasteiger partial charge on any atom is 0.303 e. The van der Waals surface area contributed by atoms with Crippen molar-refractivity contribution >= 4 is 23.5 Å². The van der Waals surface area contributed by atoms with Crippen LogP contribution in [-0.2, 0) is 19.1 Å². The van der Waals surface area contributed by atoms with Crippen LogP contribution in [0.5, 0.6) is 0 Å². The highest BCUT2D eigenvalue weighted by Gasteiger charge is 2.41. The van der Waals surface area contributed by atoms with Gasteiger partial charge in [-0.15, -0.1) is 0 Å². The molecule has 0 unspecified atom stereocenters. The van der Waals surface area contributed by atoms with Crippen LogP contribution in [0, 0.1) is 0 Å². The first-order chi connectivity index (χ1) is 10.7. The number of nitrogens with one attached hydrogen (secondary N) is 1. The minimum atomic E-state index is -1.31. The smallest absolute Gasteiger partial charge is 0.303 e. The number of carbonyl (C=O) groups excluding carboxylic acids is 3. The van der Waals surface area contributed by atoms with Crippen LogP contribution in [0.3, 0.4) is 0 Å². The zero-order chi connectivity index (χ0) is 17.2. The molecule has 124 valence electrons. The molecule has 0 spiro atoms. The Morgan fingerprint density at radius 1 is 1.26 bits per heavy atom. The van der Waals surface area contributed by atoms with E-state index in [4.69, 9.17) is 4.74 Å². The SMILES string of the molecule is CC(=O)OC(C)(C)C(=O)N[C@@H]1C[C@H](C)N(c2ccccc2)C1=O. The lowest BCUT2D eigenvalue weighted by Gasteiger charge is -2.25. The van der Waals surface area contributed by atoms with Gasteiger partial charge in [-0.3, -0.25) is 14.4 Å². The maximum absolute atomic E-state index is 12.6. The van der Waals surface area contributed by atoms with Crippen molar-refractivity contribution in [2.45, 2.75) is 51.8 Å². The van der Waals surface area contributed by atoms with Gasteiger partial charge in [0.2, 0.25) is 5.91 Å². The first kappa shape index (κ1) is 17.0. The van der Waals surface area contributed by atoms with E-state index in [1.54, 1.807) is 4.90 Å². The number of hydrogen-bond acceptors (Lipinski definition) is 4. The summed E-state index contributed by atoms with van der Waals surface area (Å²) in [6.07, 6.45) is 0.510. The summed E-state index contributed by atoms with van der Waals surface area (Å²) in [6.45, 7) is 6.19. The number of anilines is 1. The van der Waals surface area contributed by atoms with E-state index in [2.05, 4.69) is 5.32 Å². The first-order valence-electron chi connectivity index (χ1n) is 7.61. The van der Waals surface area contributed by atoms with E-state index in [1.165, 1.54) is 20.8 Å². The zero-order valence-electron chi connectivity index (χ0n) is 13.8. The highest BCUT2D eigenvalue weighted by molar-refractivity contribution is 6.02. The number of rotatable bonds is 4. The molecule has 1 aromatic rings. The summed E-state index contributed by atoms with van der Waals surface area (Å²) < 4.78 is 5.01. The van der Waals surface area contributed by atoms with E-state index in [0.717, 1.165) is 5.69 Å². The molecule has 0 bridgehead atoms. The van der Waals surface area contributed by atoms with Gasteiger partial charge in [0.1, 0.15) is 6.04 Å². The third-order valence-electron chi connectivity index (χ3n) is 3.84. The van der Waals surface area contributed by atoms with Crippen molar-refractivity contribution < 1.29 is 19.1 Å². The number of carbonyl (C=O) groups is 3. The third-order valence-corrected chi connectivity index (χ3v) is 3.84. The number of benzene rings is 1.